The van der Waals surface area contributed by atoms with Gasteiger partial charge in [0.05, 0.1) is 9.40 Å². The van der Waals surface area contributed by atoms with Gasteiger partial charge in [-0.15, -0.1) is 0 Å². The zero-order chi connectivity index (χ0) is 14.9. The normalized spacial score (nSPS) is 10.5. The summed E-state index contributed by atoms with van der Waals surface area (Å²) in [6, 6.07) is 5.76. The number of rotatable bonds is 3. The fraction of sp³-hybridized carbons (Fsp3) is 0.0769. The first-order valence-corrected chi connectivity index (χ1v) is 6.31. The largest absolute Gasteiger partial charge is 0.508 e. The van der Waals surface area contributed by atoms with Crippen molar-refractivity contribution in [3.8, 4) is 11.5 Å². The molecule has 0 saturated carbocycles. The van der Waals surface area contributed by atoms with Crippen molar-refractivity contribution in [3.63, 3.8) is 0 Å². The van der Waals surface area contributed by atoms with E-state index in [0.29, 0.717) is 0 Å². The maximum atomic E-state index is 13.1. The topological polar surface area (TPSA) is 83.6 Å². The van der Waals surface area contributed by atoms with Crippen molar-refractivity contribution in [1.82, 2.24) is 0 Å². The lowest BCUT2D eigenvalue weighted by Gasteiger charge is -2.08. The Morgan fingerprint density at radius 2 is 1.90 bits per heavy atom. The average Bonchev–Trinajstić information content (AvgIpc) is 2.38. The van der Waals surface area contributed by atoms with Crippen LogP contribution in [0.5, 0.6) is 11.5 Å². The Labute approximate surface area is 121 Å². The minimum atomic E-state index is -0.598. The van der Waals surface area contributed by atoms with Crippen LogP contribution in [-0.2, 0) is 6.42 Å². The molecule has 104 valence electrons. The molecule has 5 nitrogen and oxygen atoms in total. The maximum Gasteiger partial charge on any atom is 0.271 e. The quantitative estimate of drug-likeness (QED) is 0.661. The first-order chi connectivity index (χ1) is 9.38. The van der Waals surface area contributed by atoms with Gasteiger partial charge in [-0.1, -0.05) is 0 Å². The van der Waals surface area contributed by atoms with Gasteiger partial charge < -0.3 is 10.2 Å². The number of nitrogens with zero attached hydrogens (tertiary/aromatic N) is 1. The van der Waals surface area contributed by atoms with E-state index in [0.717, 1.165) is 12.1 Å². The molecular formula is C13H9BrFNO4. The van der Waals surface area contributed by atoms with Crippen LogP contribution in [-0.4, -0.2) is 15.1 Å². The molecule has 0 aliphatic heterocycles. The summed E-state index contributed by atoms with van der Waals surface area (Å²) in [4.78, 5) is 10.2. The molecule has 0 radical (unpaired) electrons. The molecule has 0 bridgehead atoms. The van der Waals surface area contributed by atoms with Crippen LogP contribution in [0.3, 0.4) is 0 Å². The number of hydrogen-bond acceptors (Lipinski definition) is 4. The fourth-order valence-electron chi connectivity index (χ4n) is 1.78. The summed E-state index contributed by atoms with van der Waals surface area (Å²) in [6.45, 7) is 0. The van der Waals surface area contributed by atoms with Gasteiger partial charge in [-0.3, -0.25) is 10.1 Å². The van der Waals surface area contributed by atoms with E-state index in [-0.39, 0.29) is 39.2 Å². The zero-order valence-electron chi connectivity index (χ0n) is 10.0. The smallest absolute Gasteiger partial charge is 0.271 e. The monoisotopic (exact) mass is 341 g/mol. The standard InChI is InChI=1S/C13H9BrFNO4/c14-11-6-10(16(19)20)5-8(13(11)18)3-7-4-9(15)1-2-12(7)17/h1-2,4-6,17-18H,3H2. The van der Waals surface area contributed by atoms with E-state index in [1.54, 1.807) is 0 Å². The van der Waals surface area contributed by atoms with Crippen LogP contribution in [0.25, 0.3) is 0 Å². The maximum absolute atomic E-state index is 13.1. The molecule has 0 aliphatic rings. The number of halogens is 2. The van der Waals surface area contributed by atoms with Gasteiger partial charge in [0, 0.05) is 29.7 Å². The number of phenols is 2. The fourth-order valence-corrected chi connectivity index (χ4v) is 2.27. The summed E-state index contributed by atoms with van der Waals surface area (Å²) >= 11 is 3.02. The predicted octanol–water partition coefficient (Wildman–Crippen LogP) is 3.50. The minimum absolute atomic E-state index is 0.0320. The number of non-ortho nitro benzene ring substituents is 1. The van der Waals surface area contributed by atoms with Gasteiger partial charge in [-0.05, 0) is 34.1 Å². The van der Waals surface area contributed by atoms with E-state index in [1.807, 2.05) is 0 Å². The van der Waals surface area contributed by atoms with Crippen LogP contribution in [0.15, 0.2) is 34.8 Å². The van der Waals surface area contributed by atoms with Crippen molar-refractivity contribution in [2.24, 2.45) is 0 Å². The Balaban J connectivity index is 2.47. The lowest BCUT2D eigenvalue weighted by Crippen LogP contribution is -1.95. The summed E-state index contributed by atoms with van der Waals surface area (Å²) in [7, 11) is 0. The van der Waals surface area contributed by atoms with E-state index in [1.165, 1.54) is 18.2 Å². The van der Waals surface area contributed by atoms with E-state index in [2.05, 4.69) is 15.9 Å². The second-order valence-corrected chi connectivity index (χ2v) is 5.00. The molecule has 0 unspecified atom stereocenters. The molecule has 0 fully saturated rings. The van der Waals surface area contributed by atoms with Crippen molar-refractivity contribution < 1.29 is 19.5 Å². The molecule has 0 atom stereocenters. The molecule has 0 spiro atoms. The molecule has 0 heterocycles. The molecule has 0 aliphatic carbocycles. The third-order valence-corrected chi connectivity index (χ3v) is 3.36. The van der Waals surface area contributed by atoms with Crippen LogP contribution < -0.4 is 0 Å². The van der Waals surface area contributed by atoms with Crippen molar-refractivity contribution in [2.45, 2.75) is 6.42 Å². The summed E-state index contributed by atoms with van der Waals surface area (Å²) in [6.07, 6.45) is -0.0320. The SMILES string of the molecule is O=[N+]([O-])c1cc(Br)c(O)c(Cc2cc(F)ccc2O)c1. The van der Waals surface area contributed by atoms with Crippen molar-refractivity contribution in [3.05, 3.63) is 61.9 Å². The van der Waals surface area contributed by atoms with Crippen LogP contribution in [0.2, 0.25) is 0 Å². The molecule has 2 aromatic rings. The second-order valence-electron chi connectivity index (χ2n) is 4.14. The first-order valence-electron chi connectivity index (χ1n) is 5.51. The molecule has 7 heteroatoms. The summed E-state index contributed by atoms with van der Waals surface area (Å²) in [5.74, 6) is -0.866. The molecule has 0 saturated heterocycles. The number of benzene rings is 2. The van der Waals surface area contributed by atoms with Crippen LogP contribution in [0.4, 0.5) is 10.1 Å². The number of hydrogen-bond donors (Lipinski definition) is 2. The number of aromatic hydroxyl groups is 2. The Bertz CT molecular complexity index is 690. The number of nitro groups is 1. The highest BCUT2D eigenvalue weighted by molar-refractivity contribution is 9.10. The second kappa shape index (κ2) is 5.46. The van der Waals surface area contributed by atoms with Crippen molar-refractivity contribution >= 4 is 21.6 Å². The van der Waals surface area contributed by atoms with Gasteiger partial charge in [0.1, 0.15) is 17.3 Å². The molecule has 2 aromatic carbocycles. The van der Waals surface area contributed by atoms with Crippen molar-refractivity contribution in [2.75, 3.05) is 0 Å². The highest BCUT2D eigenvalue weighted by Crippen LogP contribution is 2.35. The van der Waals surface area contributed by atoms with Crippen LogP contribution in [0, 0.1) is 15.9 Å². The highest BCUT2D eigenvalue weighted by atomic mass is 79.9. The lowest BCUT2D eigenvalue weighted by atomic mass is 10.0. The number of phenolic OH excluding ortho intramolecular Hbond substituents is 2. The van der Waals surface area contributed by atoms with Gasteiger partial charge in [0.2, 0.25) is 0 Å². The summed E-state index contributed by atoms with van der Waals surface area (Å²) < 4.78 is 13.3. The summed E-state index contributed by atoms with van der Waals surface area (Å²) in [5.41, 5.74) is 0.236. The lowest BCUT2D eigenvalue weighted by molar-refractivity contribution is -0.385. The Hall–Kier alpha value is -2.15. The molecule has 0 aromatic heterocycles. The molecule has 0 amide bonds. The molecule has 2 rings (SSSR count). The predicted molar refractivity (Wildman–Crippen MR) is 73.3 cm³/mol. The van der Waals surface area contributed by atoms with Gasteiger partial charge >= 0.3 is 0 Å². The highest BCUT2D eigenvalue weighted by Gasteiger charge is 2.16. The van der Waals surface area contributed by atoms with E-state index < -0.39 is 10.7 Å². The average molecular weight is 342 g/mol. The van der Waals surface area contributed by atoms with Crippen LogP contribution in [0.1, 0.15) is 11.1 Å². The van der Waals surface area contributed by atoms with Crippen molar-refractivity contribution in [1.29, 1.82) is 0 Å². The van der Waals surface area contributed by atoms with Gasteiger partial charge in [-0.2, -0.15) is 0 Å². The Morgan fingerprint density at radius 3 is 2.55 bits per heavy atom. The molecular weight excluding hydrogens is 333 g/mol. The van der Waals surface area contributed by atoms with Gasteiger partial charge in [-0.25, -0.2) is 4.39 Å². The molecule has 2 N–H and O–H groups in total. The van der Waals surface area contributed by atoms with Gasteiger partial charge in [0.15, 0.2) is 0 Å². The minimum Gasteiger partial charge on any atom is -0.508 e. The zero-order valence-corrected chi connectivity index (χ0v) is 11.6. The van der Waals surface area contributed by atoms with E-state index in [4.69, 9.17) is 0 Å². The molecule has 20 heavy (non-hydrogen) atoms. The van der Waals surface area contributed by atoms with Gasteiger partial charge in [0.25, 0.3) is 5.69 Å². The Kier molecular flexibility index (Phi) is 3.89. The third kappa shape index (κ3) is 2.88. The third-order valence-electron chi connectivity index (χ3n) is 2.76. The Morgan fingerprint density at radius 1 is 1.20 bits per heavy atom. The van der Waals surface area contributed by atoms with E-state index >= 15 is 0 Å². The number of nitro benzene ring substituents is 1. The first kappa shape index (κ1) is 14.3. The van der Waals surface area contributed by atoms with E-state index in [9.17, 15) is 24.7 Å². The van der Waals surface area contributed by atoms with Crippen LogP contribution >= 0.6 is 15.9 Å². The summed E-state index contributed by atoms with van der Waals surface area (Å²) in [5, 5.41) is 30.3.